The highest BCUT2D eigenvalue weighted by Gasteiger charge is 2.48. The Balaban J connectivity index is 1.50. The van der Waals surface area contributed by atoms with Gasteiger partial charge in [-0.1, -0.05) is 29.8 Å². The number of aromatic amines is 1. The van der Waals surface area contributed by atoms with Crippen LogP contribution in [0.4, 0.5) is 0 Å². The molecule has 1 spiro atoms. The summed E-state index contributed by atoms with van der Waals surface area (Å²) < 4.78 is 5.11. The molecule has 2 aliphatic heterocycles. The number of piperidine rings is 1. The number of aromatic nitrogens is 2. The molecule has 4 rings (SSSR count). The predicted octanol–water partition coefficient (Wildman–Crippen LogP) is 1.81. The molecule has 7 heteroatoms. The van der Waals surface area contributed by atoms with Gasteiger partial charge in [-0.2, -0.15) is 0 Å². The molecule has 1 aromatic carbocycles. The van der Waals surface area contributed by atoms with Crippen molar-refractivity contribution in [2.45, 2.75) is 38.1 Å². The minimum absolute atomic E-state index is 0.0134. The normalized spacial score (nSPS) is 18.0. The van der Waals surface area contributed by atoms with E-state index in [0.717, 1.165) is 23.4 Å². The van der Waals surface area contributed by atoms with Crippen LogP contribution in [0.15, 0.2) is 30.6 Å². The van der Waals surface area contributed by atoms with Gasteiger partial charge in [0, 0.05) is 38.9 Å². The summed E-state index contributed by atoms with van der Waals surface area (Å²) in [5, 5.41) is 0. The number of hydrogen-bond acceptors (Lipinski definition) is 4. The summed E-state index contributed by atoms with van der Waals surface area (Å²) in [4.78, 5) is 37.3. The number of methoxy groups -OCH3 is 1. The Morgan fingerprint density at radius 3 is 2.55 bits per heavy atom. The number of ether oxygens (including phenoxy) is 1. The summed E-state index contributed by atoms with van der Waals surface area (Å²) in [5.41, 5.74) is 3.83. The van der Waals surface area contributed by atoms with Crippen molar-refractivity contribution in [1.29, 1.82) is 0 Å². The summed E-state index contributed by atoms with van der Waals surface area (Å²) in [6.07, 6.45) is 4.28. The molecule has 0 aliphatic carbocycles. The first-order valence-electron chi connectivity index (χ1n) is 10.2. The smallest absolute Gasteiger partial charge is 0.249 e. The maximum absolute atomic E-state index is 12.8. The molecule has 2 aliphatic rings. The zero-order valence-electron chi connectivity index (χ0n) is 17.1. The van der Waals surface area contributed by atoms with E-state index in [1.54, 1.807) is 13.4 Å². The molecule has 2 amide bonds. The van der Waals surface area contributed by atoms with Gasteiger partial charge >= 0.3 is 0 Å². The van der Waals surface area contributed by atoms with Crippen LogP contribution < -0.4 is 0 Å². The Labute approximate surface area is 171 Å². The van der Waals surface area contributed by atoms with Gasteiger partial charge in [-0.05, 0) is 25.3 Å². The molecule has 154 valence electrons. The second-order valence-corrected chi connectivity index (χ2v) is 8.03. The topological polar surface area (TPSA) is 78.5 Å². The maximum Gasteiger partial charge on any atom is 0.249 e. The zero-order chi connectivity index (χ0) is 20.4. The van der Waals surface area contributed by atoms with Gasteiger partial charge in [0.1, 0.15) is 6.61 Å². The third-order valence-electron chi connectivity index (χ3n) is 6.25. The fourth-order valence-corrected chi connectivity index (χ4v) is 4.67. The van der Waals surface area contributed by atoms with E-state index in [1.165, 1.54) is 5.56 Å². The zero-order valence-corrected chi connectivity index (χ0v) is 17.1. The van der Waals surface area contributed by atoms with Crippen molar-refractivity contribution >= 4 is 11.8 Å². The molecule has 0 unspecified atom stereocenters. The highest BCUT2D eigenvalue weighted by molar-refractivity contribution is 5.80. The largest absolute Gasteiger partial charge is 0.375 e. The minimum Gasteiger partial charge on any atom is -0.375 e. The SMILES string of the molecule is COCC(=O)N1CCc2[nH]cnc2C12CCN(C(=O)Cc1ccc(C)cc1)CC2. The molecule has 0 bridgehead atoms. The first-order valence-corrected chi connectivity index (χ1v) is 10.2. The first-order chi connectivity index (χ1) is 14.0. The van der Waals surface area contributed by atoms with Gasteiger partial charge in [-0.15, -0.1) is 0 Å². The second kappa shape index (κ2) is 7.99. The molecule has 1 N–H and O–H groups in total. The second-order valence-electron chi connectivity index (χ2n) is 8.03. The maximum atomic E-state index is 12.8. The highest BCUT2D eigenvalue weighted by Crippen LogP contribution is 2.42. The van der Waals surface area contributed by atoms with Crippen molar-refractivity contribution in [2.24, 2.45) is 0 Å². The van der Waals surface area contributed by atoms with Crippen molar-refractivity contribution in [3.05, 3.63) is 53.1 Å². The van der Waals surface area contributed by atoms with E-state index >= 15 is 0 Å². The number of carbonyl (C=O) groups excluding carboxylic acids is 2. The van der Waals surface area contributed by atoms with E-state index in [0.29, 0.717) is 38.9 Å². The molecular weight excluding hydrogens is 368 g/mol. The molecule has 7 nitrogen and oxygen atoms in total. The summed E-state index contributed by atoms with van der Waals surface area (Å²) in [7, 11) is 1.54. The number of nitrogens with one attached hydrogen (secondary N) is 1. The van der Waals surface area contributed by atoms with Crippen molar-refractivity contribution in [2.75, 3.05) is 33.4 Å². The van der Waals surface area contributed by atoms with Gasteiger partial charge in [-0.25, -0.2) is 4.98 Å². The van der Waals surface area contributed by atoms with Gasteiger partial charge in [0.2, 0.25) is 11.8 Å². The Morgan fingerprint density at radius 2 is 1.86 bits per heavy atom. The lowest BCUT2D eigenvalue weighted by Crippen LogP contribution is -2.59. The highest BCUT2D eigenvalue weighted by atomic mass is 16.5. The van der Waals surface area contributed by atoms with E-state index in [1.807, 2.05) is 41.0 Å². The van der Waals surface area contributed by atoms with Crippen LogP contribution in [0.3, 0.4) is 0 Å². The van der Waals surface area contributed by atoms with Gasteiger partial charge < -0.3 is 19.5 Å². The van der Waals surface area contributed by atoms with Crippen LogP contribution in [0.2, 0.25) is 0 Å². The van der Waals surface area contributed by atoms with E-state index in [4.69, 9.17) is 4.74 Å². The van der Waals surface area contributed by atoms with Crippen LogP contribution >= 0.6 is 0 Å². The molecular formula is C22H28N4O3. The molecule has 3 heterocycles. The van der Waals surface area contributed by atoms with Crippen molar-refractivity contribution < 1.29 is 14.3 Å². The number of likely N-dealkylation sites (tertiary alicyclic amines) is 1. The number of aryl methyl sites for hydroxylation is 1. The van der Waals surface area contributed by atoms with E-state index < -0.39 is 5.54 Å². The molecule has 1 fully saturated rings. The average molecular weight is 396 g/mol. The third kappa shape index (κ3) is 3.67. The van der Waals surface area contributed by atoms with E-state index in [2.05, 4.69) is 9.97 Å². The lowest BCUT2D eigenvalue weighted by Gasteiger charge is -2.50. The predicted molar refractivity (Wildman–Crippen MR) is 108 cm³/mol. The summed E-state index contributed by atoms with van der Waals surface area (Å²) in [6, 6.07) is 8.10. The van der Waals surface area contributed by atoms with Gasteiger partial charge in [-0.3, -0.25) is 9.59 Å². The van der Waals surface area contributed by atoms with Crippen LogP contribution in [-0.2, 0) is 32.7 Å². The first kappa shape index (κ1) is 19.6. The monoisotopic (exact) mass is 396 g/mol. The lowest BCUT2D eigenvalue weighted by molar-refractivity contribution is -0.147. The standard InChI is InChI=1S/C22H28N4O3/c1-16-3-5-17(6-4-16)13-19(27)25-11-8-22(9-12-25)21-18(23-15-24-21)7-10-26(22)20(28)14-29-2/h3-6,15H,7-14H2,1-2H3,(H,23,24). The van der Waals surface area contributed by atoms with Crippen LogP contribution in [-0.4, -0.2) is 64.9 Å². The summed E-state index contributed by atoms with van der Waals surface area (Å²) >= 11 is 0. The number of amides is 2. The third-order valence-corrected chi connectivity index (χ3v) is 6.25. The number of carbonyl (C=O) groups is 2. The summed E-state index contributed by atoms with van der Waals surface area (Å²) in [5.74, 6) is 0.122. The Hall–Kier alpha value is -2.67. The summed E-state index contributed by atoms with van der Waals surface area (Å²) in [6.45, 7) is 3.99. The quantitative estimate of drug-likeness (QED) is 0.855. The fourth-order valence-electron chi connectivity index (χ4n) is 4.67. The fraction of sp³-hybridized carbons (Fsp3) is 0.500. The van der Waals surface area contributed by atoms with Crippen molar-refractivity contribution in [3.63, 3.8) is 0 Å². The molecule has 0 radical (unpaired) electrons. The van der Waals surface area contributed by atoms with Crippen molar-refractivity contribution in [3.8, 4) is 0 Å². The molecule has 0 atom stereocenters. The van der Waals surface area contributed by atoms with Crippen LogP contribution in [0, 0.1) is 6.92 Å². The average Bonchev–Trinajstić information content (AvgIpc) is 3.21. The van der Waals surface area contributed by atoms with Crippen LogP contribution in [0.5, 0.6) is 0 Å². The molecule has 29 heavy (non-hydrogen) atoms. The van der Waals surface area contributed by atoms with Crippen LogP contribution in [0.25, 0.3) is 0 Å². The van der Waals surface area contributed by atoms with E-state index in [9.17, 15) is 9.59 Å². The molecule has 1 aromatic heterocycles. The number of hydrogen-bond donors (Lipinski definition) is 1. The van der Waals surface area contributed by atoms with Crippen LogP contribution in [0.1, 0.15) is 35.4 Å². The Kier molecular flexibility index (Phi) is 5.41. The number of imidazole rings is 1. The van der Waals surface area contributed by atoms with E-state index in [-0.39, 0.29) is 18.4 Å². The minimum atomic E-state index is -0.455. The Morgan fingerprint density at radius 1 is 1.14 bits per heavy atom. The molecule has 1 saturated heterocycles. The number of H-pyrrole nitrogens is 1. The van der Waals surface area contributed by atoms with Gasteiger partial charge in [0.25, 0.3) is 0 Å². The van der Waals surface area contributed by atoms with Crippen molar-refractivity contribution in [1.82, 2.24) is 19.8 Å². The lowest BCUT2D eigenvalue weighted by atomic mass is 9.78. The van der Waals surface area contributed by atoms with Gasteiger partial charge in [0.15, 0.2) is 0 Å². The Bertz CT molecular complexity index is 882. The molecule has 2 aromatic rings. The number of rotatable bonds is 4. The number of benzene rings is 1. The number of fused-ring (bicyclic) bond motifs is 2. The van der Waals surface area contributed by atoms with Gasteiger partial charge in [0.05, 0.1) is 24.0 Å². The molecule has 0 saturated carbocycles. The number of nitrogens with zero attached hydrogens (tertiary/aromatic N) is 3.